The van der Waals surface area contributed by atoms with Gasteiger partial charge in [0.15, 0.2) is 0 Å². The van der Waals surface area contributed by atoms with Gasteiger partial charge in [0.1, 0.15) is 23.2 Å². The number of carbonyl (C=O) groups is 1. The summed E-state index contributed by atoms with van der Waals surface area (Å²) in [7, 11) is 0. The molecule has 0 saturated carbocycles. The molecule has 1 atom stereocenters. The van der Waals surface area contributed by atoms with Crippen molar-refractivity contribution in [1.82, 2.24) is 10.6 Å². The highest BCUT2D eigenvalue weighted by atomic mass is 19.1. The van der Waals surface area contributed by atoms with Crippen LogP contribution in [-0.4, -0.2) is 12.5 Å². The van der Waals surface area contributed by atoms with E-state index in [9.17, 15) is 14.4 Å². The van der Waals surface area contributed by atoms with Crippen molar-refractivity contribution in [2.24, 2.45) is 0 Å². The Kier molecular flexibility index (Phi) is 7.58. The van der Waals surface area contributed by atoms with Crippen LogP contribution in [0.25, 0.3) is 0 Å². The number of nitrogens with zero attached hydrogens (tertiary/aromatic N) is 1. The van der Waals surface area contributed by atoms with Crippen molar-refractivity contribution in [3.05, 3.63) is 76.7 Å². The van der Waals surface area contributed by atoms with Gasteiger partial charge in [0.25, 0.3) is 5.91 Å². The minimum atomic E-state index is -0.514. The fourth-order valence-corrected chi connectivity index (χ4v) is 2.70. The summed E-state index contributed by atoms with van der Waals surface area (Å²) in [4.78, 5) is 12.5. The Bertz CT molecular complexity index is 903. The van der Waals surface area contributed by atoms with Crippen LogP contribution in [0.15, 0.2) is 54.2 Å². The van der Waals surface area contributed by atoms with Crippen molar-refractivity contribution in [2.45, 2.75) is 33.4 Å². The second-order valence-corrected chi connectivity index (χ2v) is 6.31. The fraction of sp³-hybridized carbons (Fsp3) is 0.273. The van der Waals surface area contributed by atoms with Gasteiger partial charge in [-0.05, 0) is 32.9 Å². The van der Waals surface area contributed by atoms with Crippen LogP contribution in [0.1, 0.15) is 36.6 Å². The van der Waals surface area contributed by atoms with E-state index in [4.69, 9.17) is 4.74 Å². The van der Waals surface area contributed by atoms with Crippen molar-refractivity contribution in [2.75, 3.05) is 6.61 Å². The molecule has 0 aliphatic heterocycles. The Hall–Kier alpha value is -3.33. The molecule has 5 nitrogen and oxygen atoms in total. The molecule has 2 N–H and O–H groups in total. The predicted octanol–water partition coefficient (Wildman–Crippen LogP) is 3.91. The smallest absolute Gasteiger partial charge is 0.263 e. The molecular weight excluding hydrogens is 357 g/mol. The SMILES string of the molecule is CCOc1ccc(C)cc1C(C)NC(=O)/C(C#N)=C\NCc1ccccc1F. The van der Waals surface area contributed by atoms with Gasteiger partial charge in [-0.3, -0.25) is 4.79 Å². The number of rotatable bonds is 8. The van der Waals surface area contributed by atoms with Crippen LogP contribution in [0.4, 0.5) is 4.39 Å². The number of hydrogen-bond acceptors (Lipinski definition) is 4. The normalized spacial score (nSPS) is 12.0. The highest BCUT2D eigenvalue weighted by Gasteiger charge is 2.17. The molecule has 28 heavy (non-hydrogen) atoms. The molecule has 0 spiro atoms. The maximum atomic E-state index is 13.6. The number of nitriles is 1. The first-order chi connectivity index (χ1) is 13.5. The van der Waals surface area contributed by atoms with Crippen LogP contribution in [0.3, 0.4) is 0 Å². The quantitative estimate of drug-likeness (QED) is 0.537. The van der Waals surface area contributed by atoms with E-state index in [-0.39, 0.29) is 24.0 Å². The van der Waals surface area contributed by atoms with E-state index in [1.54, 1.807) is 18.2 Å². The van der Waals surface area contributed by atoms with Gasteiger partial charge < -0.3 is 15.4 Å². The summed E-state index contributed by atoms with van der Waals surface area (Å²) in [5, 5.41) is 14.9. The number of ether oxygens (including phenoxy) is 1. The molecule has 0 radical (unpaired) electrons. The van der Waals surface area contributed by atoms with Crippen LogP contribution in [0.5, 0.6) is 5.75 Å². The summed E-state index contributed by atoms with van der Waals surface area (Å²) < 4.78 is 19.3. The van der Waals surface area contributed by atoms with Crippen molar-refractivity contribution < 1.29 is 13.9 Å². The third-order valence-corrected chi connectivity index (χ3v) is 4.14. The van der Waals surface area contributed by atoms with E-state index in [0.29, 0.717) is 17.9 Å². The van der Waals surface area contributed by atoms with E-state index in [1.165, 1.54) is 12.3 Å². The second kappa shape index (κ2) is 10.1. The summed E-state index contributed by atoms with van der Waals surface area (Å²) in [5.41, 5.74) is 2.24. The number of nitrogens with one attached hydrogen (secondary N) is 2. The molecule has 2 rings (SSSR count). The summed E-state index contributed by atoms with van der Waals surface area (Å²) in [6.07, 6.45) is 1.30. The third-order valence-electron chi connectivity index (χ3n) is 4.14. The molecule has 0 aliphatic rings. The highest BCUT2D eigenvalue weighted by Crippen LogP contribution is 2.26. The molecular formula is C22H24FN3O2. The lowest BCUT2D eigenvalue weighted by Gasteiger charge is -2.18. The maximum absolute atomic E-state index is 13.6. The highest BCUT2D eigenvalue weighted by molar-refractivity contribution is 5.97. The second-order valence-electron chi connectivity index (χ2n) is 6.31. The Morgan fingerprint density at radius 2 is 2.07 bits per heavy atom. The lowest BCUT2D eigenvalue weighted by atomic mass is 10.0. The predicted molar refractivity (Wildman–Crippen MR) is 106 cm³/mol. The molecule has 1 unspecified atom stereocenters. The van der Waals surface area contributed by atoms with Crippen molar-refractivity contribution in [3.63, 3.8) is 0 Å². The minimum Gasteiger partial charge on any atom is -0.494 e. The largest absolute Gasteiger partial charge is 0.494 e. The van der Waals surface area contributed by atoms with Crippen LogP contribution < -0.4 is 15.4 Å². The monoisotopic (exact) mass is 381 g/mol. The van der Waals surface area contributed by atoms with Crippen molar-refractivity contribution >= 4 is 5.91 Å². The van der Waals surface area contributed by atoms with Crippen LogP contribution in [-0.2, 0) is 11.3 Å². The van der Waals surface area contributed by atoms with Gasteiger partial charge in [-0.1, -0.05) is 35.9 Å². The lowest BCUT2D eigenvalue weighted by Crippen LogP contribution is -2.29. The first kappa shape index (κ1) is 21.0. The molecule has 1 amide bonds. The third kappa shape index (κ3) is 5.58. The van der Waals surface area contributed by atoms with Crippen molar-refractivity contribution in [3.8, 4) is 11.8 Å². The lowest BCUT2D eigenvalue weighted by molar-refractivity contribution is -0.117. The molecule has 0 saturated heterocycles. The molecule has 0 fully saturated rings. The first-order valence-electron chi connectivity index (χ1n) is 9.07. The minimum absolute atomic E-state index is 0.0891. The van der Waals surface area contributed by atoms with E-state index in [1.807, 2.05) is 45.0 Å². The zero-order valence-electron chi connectivity index (χ0n) is 16.3. The maximum Gasteiger partial charge on any atom is 0.263 e. The zero-order chi connectivity index (χ0) is 20.5. The Morgan fingerprint density at radius 3 is 2.75 bits per heavy atom. The van der Waals surface area contributed by atoms with Gasteiger partial charge in [-0.15, -0.1) is 0 Å². The van der Waals surface area contributed by atoms with E-state index in [2.05, 4.69) is 10.6 Å². The van der Waals surface area contributed by atoms with Crippen LogP contribution >= 0.6 is 0 Å². The summed E-state index contributed by atoms with van der Waals surface area (Å²) >= 11 is 0. The topological polar surface area (TPSA) is 74.1 Å². The van der Waals surface area contributed by atoms with E-state index >= 15 is 0 Å². The molecule has 0 aliphatic carbocycles. The zero-order valence-corrected chi connectivity index (χ0v) is 16.3. The summed E-state index contributed by atoms with van der Waals surface area (Å²) in [5.74, 6) is -0.163. The summed E-state index contributed by atoms with van der Waals surface area (Å²) in [6.45, 7) is 6.37. The average molecular weight is 381 g/mol. The average Bonchev–Trinajstić information content (AvgIpc) is 2.68. The number of halogens is 1. The number of amides is 1. The molecule has 0 aromatic heterocycles. The summed E-state index contributed by atoms with van der Waals surface area (Å²) in [6, 6.07) is 13.6. The molecule has 0 heterocycles. The van der Waals surface area contributed by atoms with E-state index in [0.717, 1.165) is 11.1 Å². The molecule has 2 aromatic carbocycles. The Morgan fingerprint density at radius 1 is 1.32 bits per heavy atom. The van der Waals surface area contributed by atoms with Gasteiger partial charge in [0.2, 0.25) is 0 Å². The van der Waals surface area contributed by atoms with Gasteiger partial charge >= 0.3 is 0 Å². The molecule has 2 aromatic rings. The van der Waals surface area contributed by atoms with Gasteiger partial charge in [0, 0.05) is 23.9 Å². The first-order valence-corrected chi connectivity index (χ1v) is 9.07. The fourth-order valence-electron chi connectivity index (χ4n) is 2.70. The van der Waals surface area contributed by atoms with Gasteiger partial charge in [0.05, 0.1) is 12.6 Å². The Balaban J connectivity index is 2.06. The number of aryl methyl sites for hydroxylation is 1. The standard InChI is InChI=1S/C22H24FN3O2/c1-4-28-21-10-9-15(2)11-19(21)16(3)26-22(27)18(12-24)14-25-13-17-7-5-6-8-20(17)23/h5-11,14,16,25H,4,13H2,1-3H3,(H,26,27)/b18-14-. The number of hydrogen-bond donors (Lipinski definition) is 2. The number of carbonyl (C=O) groups excluding carboxylic acids is 1. The van der Waals surface area contributed by atoms with E-state index < -0.39 is 5.91 Å². The van der Waals surface area contributed by atoms with Crippen LogP contribution in [0, 0.1) is 24.1 Å². The number of benzene rings is 2. The van der Waals surface area contributed by atoms with Gasteiger partial charge in [-0.25, -0.2) is 4.39 Å². The molecule has 0 bridgehead atoms. The molecule has 146 valence electrons. The van der Waals surface area contributed by atoms with Crippen LogP contribution in [0.2, 0.25) is 0 Å². The molecule has 6 heteroatoms. The Labute approximate surface area is 164 Å². The van der Waals surface area contributed by atoms with Crippen molar-refractivity contribution in [1.29, 1.82) is 5.26 Å². The van der Waals surface area contributed by atoms with Gasteiger partial charge in [-0.2, -0.15) is 5.26 Å².